The van der Waals surface area contributed by atoms with Gasteiger partial charge in [-0.2, -0.15) is 0 Å². The van der Waals surface area contributed by atoms with Crippen LogP contribution in [0.2, 0.25) is 0 Å². The Morgan fingerprint density at radius 1 is 1.00 bits per heavy atom. The fraction of sp³-hybridized carbons (Fsp3) is 0.435. The molecule has 1 heterocycles. The first-order valence-electron chi connectivity index (χ1n) is 10.4. The van der Waals surface area contributed by atoms with Crippen molar-refractivity contribution in [2.75, 3.05) is 32.9 Å². The Kier molecular flexibility index (Phi) is 9.91. The maximum absolute atomic E-state index is 10.2. The Balaban J connectivity index is 0.00000341. The second-order valence-electron chi connectivity index (χ2n) is 7.24. The van der Waals surface area contributed by atoms with E-state index in [9.17, 15) is 5.11 Å². The Labute approximate surface area is 189 Å². The van der Waals surface area contributed by atoms with E-state index in [4.69, 9.17) is 14.2 Å². The third kappa shape index (κ3) is 7.02. The second-order valence-corrected chi connectivity index (χ2v) is 7.24. The van der Waals surface area contributed by atoms with Crippen LogP contribution >= 0.6 is 12.4 Å². The molecule has 8 heteroatoms. The molecule has 0 aliphatic rings. The number of aryl methyl sites for hydroxylation is 2. The van der Waals surface area contributed by atoms with Gasteiger partial charge in [0, 0.05) is 13.1 Å². The molecule has 1 unspecified atom stereocenters. The van der Waals surface area contributed by atoms with Crippen LogP contribution in [-0.4, -0.2) is 54.1 Å². The number of ether oxygens (including phenoxy) is 3. The largest absolute Gasteiger partial charge is 0.490 e. The fourth-order valence-electron chi connectivity index (χ4n) is 3.08. The lowest BCUT2D eigenvalue weighted by molar-refractivity contribution is 0.106. The van der Waals surface area contributed by atoms with Gasteiger partial charge in [0.15, 0.2) is 11.5 Å². The molecule has 170 valence electrons. The first-order valence-corrected chi connectivity index (χ1v) is 10.4. The van der Waals surface area contributed by atoms with E-state index in [0.717, 1.165) is 40.3 Å². The zero-order chi connectivity index (χ0) is 21.3. The molecule has 3 N–H and O–H groups in total. The maximum Gasteiger partial charge on any atom is 0.161 e. The number of benzene rings is 2. The Hall–Kier alpha value is -2.48. The summed E-state index contributed by atoms with van der Waals surface area (Å²) in [5.41, 5.74) is 2.88. The number of aliphatic hydroxyl groups excluding tert-OH is 1. The molecule has 1 aromatic heterocycles. The molecule has 0 aliphatic heterocycles. The van der Waals surface area contributed by atoms with E-state index in [2.05, 4.69) is 22.2 Å². The standard InChI is InChI=1S/C23H31N3O4.ClH/c1-4-12-28-19-7-5-6-8-20(19)29-13-11-24-14-18(27)15-30-21-10-9-16(2)22-23(21)26-17(3)25-22;/h5-10,18,24,27H,4,11-15H2,1-3H3,(H,25,26);1H. The third-order valence-corrected chi connectivity index (χ3v) is 4.59. The predicted octanol–water partition coefficient (Wildman–Crippen LogP) is 3.80. The van der Waals surface area contributed by atoms with Crippen LogP contribution < -0.4 is 19.5 Å². The molecule has 0 amide bonds. The van der Waals surface area contributed by atoms with Crippen LogP contribution in [0.15, 0.2) is 36.4 Å². The van der Waals surface area contributed by atoms with Gasteiger partial charge in [0.1, 0.15) is 36.4 Å². The van der Waals surface area contributed by atoms with Crippen LogP contribution in [0.25, 0.3) is 11.0 Å². The van der Waals surface area contributed by atoms with E-state index in [1.807, 2.05) is 50.2 Å². The topological polar surface area (TPSA) is 88.6 Å². The first-order chi connectivity index (χ1) is 14.6. The molecule has 1 atom stereocenters. The number of imidazole rings is 1. The fourth-order valence-corrected chi connectivity index (χ4v) is 3.08. The number of aliphatic hydroxyl groups is 1. The number of aromatic amines is 1. The van der Waals surface area contributed by atoms with Crippen LogP contribution in [-0.2, 0) is 0 Å². The number of fused-ring (bicyclic) bond motifs is 1. The van der Waals surface area contributed by atoms with Crippen LogP contribution in [0, 0.1) is 13.8 Å². The molecular weight excluding hydrogens is 418 g/mol. The summed E-state index contributed by atoms with van der Waals surface area (Å²) in [6, 6.07) is 11.5. The van der Waals surface area contributed by atoms with E-state index in [1.165, 1.54) is 0 Å². The van der Waals surface area contributed by atoms with Crippen LogP contribution in [0.4, 0.5) is 0 Å². The highest BCUT2D eigenvalue weighted by molar-refractivity contribution is 5.85. The van der Waals surface area contributed by atoms with E-state index in [-0.39, 0.29) is 19.0 Å². The molecule has 0 radical (unpaired) electrons. The van der Waals surface area contributed by atoms with Crippen molar-refractivity contribution in [3.63, 3.8) is 0 Å². The van der Waals surface area contributed by atoms with Crippen molar-refractivity contribution in [1.29, 1.82) is 0 Å². The van der Waals surface area contributed by atoms with Crippen molar-refractivity contribution < 1.29 is 19.3 Å². The molecule has 0 spiro atoms. The lowest BCUT2D eigenvalue weighted by Crippen LogP contribution is -2.33. The number of aromatic nitrogens is 2. The van der Waals surface area contributed by atoms with Gasteiger partial charge >= 0.3 is 0 Å². The summed E-state index contributed by atoms with van der Waals surface area (Å²) in [6.07, 6.45) is 0.311. The second kappa shape index (κ2) is 12.4. The van der Waals surface area contributed by atoms with Crippen molar-refractivity contribution in [3.05, 3.63) is 47.8 Å². The zero-order valence-electron chi connectivity index (χ0n) is 18.3. The molecule has 3 aromatic rings. The molecule has 0 aliphatic carbocycles. The van der Waals surface area contributed by atoms with Gasteiger partial charge in [0.05, 0.1) is 12.1 Å². The number of rotatable bonds is 12. The van der Waals surface area contributed by atoms with Crippen molar-refractivity contribution in [3.8, 4) is 17.2 Å². The van der Waals surface area contributed by atoms with Gasteiger partial charge in [0.25, 0.3) is 0 Å². The summed E-state index contributed by atoms with van der Waals surface area (Å²) in [5.74, 6) is 3.00. The summed E-state index contributed by atoms with van der Waals surface area (Å²) in [5, 5.41) is 13.4. The minimum atomic E-state index is -0.637. The molecule has 0 saturated carbocycles. The molecule has 3 rings (SSSR count). The zero-order valence-corrected chi connectivity index (χ0v) is 19.1. The molecule has 0 saturated heterocycles. The molecule has 0 bridgehead atoms. The van der Waals surface area contributed by atoms with Gasteiger partial charge in [-0.1, -0.05) is 25.1 Å². The Bertz CT molecular complexity index is 948. The molecule has 0 fully saturated rings. The van der Waals surface area contributed by atoms with E-state index < -0.39 is 6.10 Å². The molecule has 31 heavy (non-hydrogen) atoms. The Morgan fingerprint density at radius 2 is 1.71 bits per heavy atom. The van der Waals surface area contributed by atoms with E-state index >= 15 is 0 Å². The first kappa shape index (κ1) is 24.8. The average Bonchev–Trinajstić information content (AvgIpc) is 3.15. The van der Waals surface area contributed by atoms with Gasteiger partial charge in [-0.25, -0.2) is 4.98 Å². The molecular formula is C23H32ClN3O4. The lowest BCUT2D eigenvalue weighted by atomic mass is 10.2. The summed E-state index contributed by atoms with van der Waals surface area (Å²) in [4.78, 5) is 7.73. The van der Waals surface area contributed by atoms with Crippen molar-refractivity contribution >= 4 is 23.4 Å². The summed E-state index contributed by atoms with van der Waals surface area (Å²) in [6.45, 7) is 8.35. The number of hydrogen-bond acceptors (Lipinski definition) is 6. The minimum absolute atomic E-state index is 0. The van der Waals surface area contributed by atoms with Crippen LogP contribution in [0.5, 0.6) is 17.2 Å². The summed E-state index contributed by atoms with van der Waals surface area (Å²) >= 11 is 0. The van der Waals surface area contributed by atoms with Crippen molar-refractivity contribution in [2.45, 2.75) is 33.3 Å². The number of nitrogens with one attached hydrogen (secondary N) is 2. The highest BCUT2D eigenvalue weighted by atomic mass is 35.5. The predicted molar refractivity (Wildman–Crippen MR) is 125 cm³/mol. The number of hydrogen-bond donors (Lipinski definition) is 3. The van der Waals surface area contributed by atoms with E-state index in [1.54, 1.807) is 0 Å². The lowest BCUT2D eigenvalue weighted by Gasteiger charge is -2.15. The van der Waals surface area contributed by atoms with Crippen molar-refractivity contribution in [2.24, 2.45) is 0 Å². The highest BCUT2D eigenvalue weighted by Crippen LogP contribution is 2.27. The van der Waals surface area contributed by atoms with Gasteiger partial charge in [-0.15, -0.1) is 12.4 Å². The molecule has 2 aromatic carbocycles. The summed E-state index contributed by atoms with van der Waals surface area (Å²) in [7, 11) is 0. The van der Waals surface area contributed by atoms with Gasteiger partial charge in [-0.3, -0.25) is 0 Å². The Morgan fingerprint density at radius 3 is 2.42 bits per heavy atom. The monoisotopic (exact) mass is 449 g/mol. The molecule has 7 nitrogen and oxygen atoms in total. The van der Waals surface area contributed by atoms with Gasteiger partial charge in [0.2, 0.25) is 0 Å². The average molecular weight is 450 g/mol. The van der Waals surface area contributed by atoms with Gasteiger partial charge in [-0.05, 0) is 44.0 Å². The number of halogens is 1. The smallest absolute Gasteiger partial charge is 0.161 e. The summed E-state index contributed by atoms with van der Waals surface area (Å²) < 4.78 is 17.3. The quantitative estimate of drug-likeness (QED) is 0.364. The number of nitrogens with zero attached hydrogens (tertiary/aromatic N) is 1. The van der Waals surface area contributed by atoms with Gasteiger partial charge < -0.3 is 29.6 Å². The SMILES string of the molecule is CCCOc1ccccc1OCCNCC(O)COc1ccc(C)c2[nH]c(C)nc12.Cl. The normalized spacial score (nSPS) is 11.7. The highest BCUT2D eigenvalue weighted by Gasteiger charge is 2.11. The number of para-hydroxylation sites is 2. The third-order valence-electron chi connectivity index (χ3n) is 4.59. The minimum Gasteiger partial charge on any atom is -0.490 e. The van der Waals surface area contributed by atoms with Crippen molar-refractivity contribution in [1.82, 2.24) is 15.3 Å². The number of H-pyrrole nitrogens is 1. The van der Waals surface area contributed by atoms with E-state index in [0.29, 0.717) is 32.1 Å². The van der Waals surface area contributed by atoms with Crippen LogP contribution in [0.3, 0.4) is 0 Å². The van der Waals surface area contributed by atoms with Crippen LogP contribution in [0.1, 0.15) is 24.7 Å². The maximum atomic E-state index is 10.2.